The molecule has 0 saturated carbocycles. The molecule has 1 heterocycles. The van der Waals surface area contributed by atoms with Gasteiger partial charge in [0.2, 0.25) is 5.91 Å². The quantitative estimate of drug-likeness (QED) is 0.524. The molecule has 0 bridgehead atoms. The average Bonchev–Trinajstić information content (AvgIpc) is 2.28. The van der Waals surface area contributed by atoms with E-state index < -0.39 is 5.79 Å². The van der Waals surface area contributed by atoms with Crippen LogP contribution in [0.2, 0.25) is 0 Å². The van der Waals surface area contributed by atoms with Crippen molar-refractivity contribution in [3.63, 3.8) is 0 Å². The maximum atomic E-state index is 11.3. The second-order valence-electron chi connectivity index (χ2n) is 3.33. The van der Waals surface area contributed by atoms with E-state index in [0.29, 0.717) is 25.9 Å². The van der Waals surface area contributed by atoms with Gasteiger partial charge in [-0.25, -0.2) is 0 Å². The van der Waals surface area contributed by atoms with Gasteiger partial charge in [-0.1, -0.05) is 0 Å². The van der Waals surface area contributed by atoms with E-state index in [4.69, 9.17) is 21.1 Å². The lowest BCUT2D eigenvalue weighted by molar-refractivity contribution is -0.228. The Bertz CT molecular complexity index is 196. The van der Waals surface area contributed by atoms with Crippen molar-refractivity contribution in [2.75, 3.05) is 33.2 Å². The third-order valence-corrected chi connectivity index (χ3v) is 2.96. The third-order valence-electron chi connectivity index (χ3n) is 2.74. The van der Waals surface area contributed by atoms with E-state index in [1.807, 2.05) is 0 Å². The molecule has 1 rings (SSSR count). The van der Waals surface area contributed by atoms with Gasteiger partial charge in [-0.15, -0.1) is 11.6 Å². The van der Waals surface area contributed by atoms with Gasteiger partial charge in [-0.05, 0) is 0 Å². The summed E-state index contributed by atoms with van der Waals surface area (Å²) >= 11 is 5.47. The summed E-state index contributed by atoms with van der Waals surface area (Å²) in [6, 6.07) is 0. The molecule has 4 nitrogen and oxygen atoms in total. The van der Waals surface area contributed by atoms with Crippen molar-refractivity contribution in [3.05, 3.63) is 0 Å². The molecule has 0 unspecified atom stereocenters. The highest BCUT2D eigenvalue weighted by atomic mass is 35.5. The number of rotatable bonds is 3. The van der Waals surface area contributed by atoms with Gasteiger partial charge in [-0.2, -0.15) is 0 Å². The normalized spacial score (nSPS) is 20.9. The minimum atomic E-state index is -0.511. The summed E-state index contributed by atoms with van der Waals surface area (Å²) < 4.78 is 10.6. The van der Waals surface area contributed by atoms with Crippen LogP contribution >= 0.6 is 11.6 Å². The lowest BCUT2D eigenvalue weighted by Gasteiger charge is -2.39. The summed E-state index contributed by atoms with van der Waals surface area (Å²) in [5.41, 5.74) is 0. The maximum Gasteiger partial charge on any atom is 0.237 e. The Labute approximate surface area is 89.1 Å². The smallest absolute Gasteiger partial charge is 0.237 e. The minimum Gasteiger partial charge on any atom is -0.353 e. The first kappa shape index (κ1) is 11.8. The number of carbonyl (C=O) groups is 1. The summed E-state index contributed by atoms with van der Waals surface area (Å²) in [4.78, 5) is 13.0. The fraction of sp³-hybridized carbons (Fsp3) is 0.889. The van der Waals surface area contributed by atoms with E-state index in [2.05, 4.69) is 0 Å². The van der Waals surface area contributed by atoms with Gasteiger partial charge in [0.25, 0.3) is 0 Å². The van der Waals surface area contributed by atoms with Crippen LogP contribution in [0.1, 0.15) is 12.8 Å². The second kappa shape index (κ2) is 4.96. The molecule has 82 valence electrons. The molecule has 0 aromatic carbocycles. The van der Waals surface area contributed by atoms with Gasteiger partial charge in [0.15, 0.2) is 5.79 Å². The minimum absolute atomic E-state index is 0.0209. The second-order valence-corrected chi connectivity index (χ2v) is 3.60. The number of ether oxygens (including phenoxy) is 2. The molecule has 0 aromatic rings. The third kappa shape index (κ3) is 2.38. The maximum absolute atomic E-state index is 11.3. The van der Waals surface area contributed by atoms with Gasteiger partial charge in [-0.3, -0.25) is 4.79 Å². The molecule has 0 N–H and O–H groups in total. The van der Waals surface area contributed by atoms with E-state index >= 15 is 0 Å². The molecule has 1 amide bonds. The fourth-order valence-electron chi connectivity index (χ4n) is 1.67. The zero-order valence-electron chi connectivity index (χ0n) is 8.59. The van der Waals surface area contributed by atoms with Crippen LogP contribution in [0, 0.1) is 0 Å². The molecule has 1 saturated heterocycles. The van der Waals surface area contributed by atoms with E-state index in [-0.39, 0.29) is 11.8 Å². The van der Waals surface area contributed by atoms with Crippen molar-refractivity contribution in [3.8, 4) is 0 Å². The van der Waals surface area contributed by atoms with Crippen LogP contribution in [0.25, 0.3) is 0 Å². The average molecular weight is 222 g/mol. The van der Waals surface area contributed by atoms with Gasteiger partial charge < -0.3 is 14.4 Å². The highest BCUT2D eigenvalue weighted by molar-refractivity contribution is 6.27. The fourth-order valence-corrected chi connectivity index (χ4v) is 1.84. The number of methoxy groups -OCH3 is 2. The largest absolute Gasteiger partial charge is 0.353 e. The first-order valence-electron chi connectivity index (χ1n) is 4.61. The van der Waals surface area contributed by atoms with Crippen LogP contribution in [0.3, 0.4) is 0 Å². The van der Waals surface area contributed by atoms with Crippen LogP contribution in [-0.2, 0) is 14.3 Å². The van der Waals surface area contributed by atoms with Gasteiger partial charge >= 0.3 is 0 Å². The Hall–Kier alpha value is -0.320. The Balaban J connectivity index is 2.48. The molecule has 1 aliphatic rings. The van der Waals surface area contributed by atoms with Crippen molar-refractivity contribution in [1.29, 1.82) is 0 Å². The van der Waals surface area contributed by atoms with Gasteiger partial charge in [0, 0.05) is 40.2 Å². The summed E-state index contributed by atoms with van der Waals surface area (Å²) in [6.07, 6.45) is 1.39. The molecule has 0 radical (unpaired) electrons. The summed E-state index contributed by atoms with van der Waals surface area (Å²) in [6.45, 7) is 1.29. The highest BCUT2D eigenvalue weighted by Gasteiger charge is 2.35. The molecule has 0 spiro atoms. The predicted molar refractivity (Wildman–Crippen MR) is 53.3 cm³/mol. The Morgan fingerprint density at radius 2 is 1.86 bits per heavy atom. The lowest BCUT2D eigenvalue weighted by atomic mass is 10.0. The van der Waals surface area contributed by atoms with Gasteiger partial charge in [0.1, 0.15) is 5.88 Å². The number of piperidine rings is 1. The molecule has 1 fully saturated rings. The van der Waals surface area contributed by atoms with Crippen LogP contribution < -0.4 is 0 Å². The topological polar surface area (TPSA) is 38.8 Å². The summed E-state index contributed by atoms with van der Waals surface area (Å²) in [5, 5.41) is 0. The highest BCUT2D eigenvalue weighted by Crippen LogP contribution is 2.26. The van der Waals surface area contributed by atoms with Crippen LogP contribution in [0.15, 0.2) is 0 Å². The van der Waals surface area contributed by atoms with E-state index in [0.717, 1.165) is 0 Å². The zero-order valence-corrected chi connectivity index (χ0v) is 9.34. The summed E-state index contributed by atoms with van der Waals surface area (Å²) in [7, 11) is 3.26. The molecule has 0 aromatic heterocycles. The van der Waals surface area contributed by atoms with Crippen molar-refractivity contribution in [2.45, 2.75) is 18.6 Å². The number of hydrogen-bond donors (Lipinski definition) is 0. The van der Waals surface area contributed by atoms with Gasteiger partial charge in [0.05, 0.1) is 0 Å². The van der Waals surface area contributed by atoms with Crippen molar-refractivity contribution >= 4 is 17.5 Å². The SMILES string of the molecule is COC1(OC)CCN(C(=O)CCl)CC1. The van der Waals surface area contributed by atoms with Crippen molar-refractivity contribution in [1.82, 2.24) is 4.90 Å². The summed E-state index contributed by atoms with van der Waals surface area (Å²) in [5.74, 6) is -0.483. The Morgan fingerprint density at radius 1 is 1.36 bits per heavy atom. The zero-order chi connectivity index (χ0) is 10.6. The number of amides is 1. The van der Waals surface area contributed by atoms with Crippen molar-refractivity contribution < 1.29 is 14.3 Å². The molecular formula is C9H16ClNO3. The molecule has 14 heavy (non-hydrogen) atoms. The molecular weight excluding hydrogens is 206 g/mol. The van der Waals surface area contributed by atoms with Crippen molar-refractivity contribution in [2.24, 2.45) is 0 Å². The lowest BCUT2D eigenvalue weighted by Crippen LogP contribution is -2.49. The van der Waals surface area contributed by atoms with E-state index in [9.17, 15) is 4.79 Å². The first-order valence-corrected chi connectivity index (χ1v) is 5.15. The number of hydrogen-bond acceptors (Lipinski definition) is 3. The monoisotopic (exact) mass is 221 g/mol. The molecule has 5 heteroatoms. The molecule has 0 aliphatic carbocycles. The number of likely N-dealkylation sites (tertiary alicyclic amines) is 1. The number of halogens is 1. The predicted octanol–water partition coefficient (Wildman–Crippen LogP) is 0.837. The van der Waals surface area contributed by atoms with E-state index in [1.165, 1.54) is 0 Å². The van der Waals surface area contributed by atoms with Crippen LogP contribution in [-0.4, -0.2) is 49.8 Å². The Kier molecular flexibility index (Phi) is 4.16. The Morgan fingerprint density at radius 3 is 2.21 bits per heavy atom. The number of alkyl halides is 1. The number of carbonyl (C=O) groups excluding carboxylic acids is 1. The number of nitrogens with zero attached hydrogens (tertiary/aromatic N) is 1. The van der Waals surface area contributed by atoms with Crippen LogP contribution in [0.4, 0.5) is 0 Å². The molecule has 1 aliphatic heterocycles. The first-order chi connectivity index (χ1) is 6.67. The van der Waals surface area contributed by atoms with Crippen LogP contribution in [0.5, 0.6) is 0 Å². The standard InChI is InChI=1S/C9H16ClNO3/c1-13-9(14-2)3-5-11(6-4-9)8(12)7-10/h3-7H2,1-2H3. The van der Waals surface area contributed by atoms with E-state index in [1.54, 1.807) is 19.1 Å². The molecule has 0 atom stereocenters.